The van der Waals surface area contributed by atoms with Crippen LogP contribution >= 0.6 is 0 Å². The number of nitrogens with one attached hydrogen (secondary N) is 2. The van der Waals surface area contributed by atoms with Crippen molar-refractivity contribution in [1.82, 2.24) is 25.1 Å². The Balaban J connectivity index is 1.81. The lowest BCUT2D eigenvalue weighted by atomic mass is 9.85. The number of aromatic nitrogens is 3. The minimum absolute atomic E-state index is 0.0444. The highest BCUT2D eigenvalue weighted by molar-refractivity contribution is 5.81. The van der Waals surface area contributed by atoms with Crippen LogP contribution in [0.4, 0.5) is 32.2 Å². The number of guanidine groups is 1. The summed E-state index contributed by atoms with van der Waals surface area (Å²) >= 11 is 0. The predicted molar refractivity (Wildman–Crippen MR) is 146 cm³/mol. The number of hydrogen-bond acceptors (Lipinski definition) is 6. The Morgan fingerprint density at radius 3 is 2.21 bits per heavy atom. The van der Waals surface area contributed by atoms with Crippen LogP contribution in [0.1, 0.15) is 55.4 Å². The van der Waals surface area contributed by atoms with Gasteiger partial charge in [0, 0.05) is 50.7 Å². The molecule has 0 saturated heterocycles. The molecule has 42 heavy (non-hydrogen) atoms. The lowest BCUT2D eigenvalue weighted by Crippen LogP contribution is -2.35. The minimum Gasteiger partial charge on any atom is -0.356 e. The van der Waals surface area contributed by atoms with Gasteiger partial charge in [0.15, 0.2) is 5.65 Å². The molecule has 2 heterocycles. The number of hydrazone groups is 1. The third-order valence-electron chi connectivity index (χ3n) is 7.33. The molecule has 0 bridgehead atoms. The number of aryl methyl sites for hydroxylation is 1. The monoisotopic (exact) mass is 597 g/mol. The highest BCUT2D eigenvalue weighted by Gasteiger charge is 2.37. The number of fused-ring (bicyclic) bond motifs is 1. The number of halogens is 6. The Bertz CT molecular complexity index is 1390. The fourth-order valence-electron chi connectivity index (χ4n) is 5.02. The van der Waals surface area contributed by atoms with Crippen molar-refractivity contribution >= 4 is 22.8 Å². The molecule has 1 aliphatic carbocycles. The van der Waals surface area contributed by atoms with Crippen LogP contribution in [0.3, 0.4) is 0 Å². The fraction of sp³-hybridized carbons (Fsp3) is 0.519. The molecule has 0 atom stereocenters. The average Bonchev–Trinajstić information content (AvgIpc) is 3.31. The third-order valence-corrected chi connectivity index (χ3v) is 7.33. The van der Waals surface area contributed by atoms with E-state index in [2.05, 4.69) is 25.6 Å². The Kier molecular flexibility index (Phi) is 9.26. The smallest absolute Gasteiger partial charge is 0.356 e. The van der Waals surface area contributed by atoms with Gasteiger partial charge in [-0.05, 0) is 62.4 Å². The van der Waals surface area contributed by atoms with Gasteiger partial charge in [0.05, 0.1) is 17.3 Å². The average molecular weight is 598 g/mol. The second kappa shape index (κ2) is 12.5. The molecule has 1 saturated carbocycles. The molecule has 2 aromatic heterocycles. The van der Waals surface area contributed by atoms with Gasteiger partial charge in [-0.1, -0.05) is 6.42 Å². The van der Waals surface area contributed by atoms with Crippen molar-refractivity contribution < 1.29 is 26.3 Å². The molecule has 4 rings (SSSR count). The molecule has 228 valence electrons. The molecule has 0 aliphatic heterocycles. The summed E-state index contributed by atoms with van der Waals surface area (Å²) in [6.45, 7) is 5.43. The highest BCUT2D eigenvalue weighted by Crippen LogP contribution is 2.37. The first-order valence-corrected chi connectivity index (χ1v) is 13.6. The van der Waals surface area contributed by atoms with Gasteiger partial charge >= 0.3 is 12.4 Å². The van der Waals surface area contributed by atoms with Gasteiger partial charge in [-0.15, -0.1) is 10.2 Å². The molecule has 2 N–H and O–H groups in total. The first-order chi connectivity index (χ1) is 19.9. The zero-order chi connectivity index (χ0) is 30.7. The van der Waals surface area contributed by atoms with Crippen LogP contribution in [0.5, 0.6) is 0 Å². The maximum absolute atomic E-state index is 13.6. The number of alkyl halides is 6. The van der Waals surface area contributed by atoms with Crippen LogP contribution in [0.2, 0.25) is 0 Å². The van der Waals surface area contributed by atoms with Gasteiger partial charge in [0.2, 0.25) is 0 Å². The normalized spacial score (nSPS) is 14.6. The lowest BCUT2D eigenvalue weighted by Gasteiger charge is -2.34. The number of benzene rings is 1. The van der Waals surface area contributed by atoms with Crippen LogP contribution in [0.15, 0.2) is 40.7 Å². The topological polar surface area (TPSA) is 97.8 Å². The molecular formula is C27H33F6N9. The zero-order valence-electron chi connectivity index (χ0n) is 23.5. The Morgan fingerprint density at radius 2 is 1.71 bits per heavy atom. The summed E-state index contributed by atoms with van der Waals surface area (Å²) in [7, 11) is 1.45. The maximum atomic E-state index is 13.6. The molecular weight excluding hydrogens is 564 g/mol. The van der Waals surface area contributed by atoms with E-state index in [1.807, 2.05) is 19.9 Å². The van der Waals surface area contributed by atoms with Crippen LogP contribution in [0.25, 0.3) is 11.0 Å². The van der Waals surface area contributed by atoms with E-state index >= 15 is 0 Å². The van der Waals surface area contributed by atoms with Crippen molar-refractivity contribution in [2.45, 2.75) is 65.1 Å². The van der Waals surface area contributed by atoms with E-state index in [4.69, 9.17) is 10.5 Å². The Hall–Kier alpha value is -3.91. The largest absolute Gasteiger partial charge is 0.416 e. The molecule has 3 aromatic rings. The van der Waals surface area contributed by atoms with E-state index < -0.39 is 30.0 Å². The van der Waals surface area contributed by atoms with Crippen molar-refractivity contribution in [1.29, 1.82) is 5.53 Å². The molecule has 1 aliphatic rings. The predicted octanol–water partition coefficient (Wildman–Crippen LogP) is 6.64. The van der Waals surface area contributed by atoms with Crippen molar-refractivity contribution in [2.24, 2.45) is 16.1 Å². The highest BCUT2D eigenvalue weighted by atomic mass is 19.4. The Morgan fingerprint density at radius 1 is 1.05 bits per heavy atom. The van der Waals surface area contributed by atoms with Crippen molar-refractivity contribution in [3.63, 3.8) is 0 Å². The van der Waals surface area contributed by atoms with E-state index in [0.29, 0.717) is 48.2 Å². The molecule has 15 heteroatoms. The summed E-state index contributed by atoms with van der Waals surface area (Å²) in [5.41, 5.74) is 8.39. The van der Waals surface area contributed by atoms with Gasteiger partial charge in [-0.2, -0.15) is 31.4 Å². The van der Waals surface area contributed by atoms with Crippen LogP contribution in [0, 0.1) is 11.4 Å². The van der Waals surface area contributed by atoms with E-state index in [-0.39, 0.29) is 24.1 Å². The molecule has 0 radical (unpaired) electrons. The second-order valence-electron chi connectivity index (χ2n) is 10.2. The summed E-state index contributed by atoms with van der Waals surface area (Å²) in [4.78, 5) is 8.42. The molecule has 0 unspecified atom stereocenters. The Labute approximate surface area is 239 Å². The fourth-order valence-corrected chi connectivity index (χ4v) is 5.02. The minimum atomic E-state index is -4.99. The van der Waals surface area contributed by atoms with Crippen LogP contribution in [-0.2, 0) is 32.0 Å². The maximum Gasteiger partial charge on any atom is 0.416 e. The van der Waals surface area contributed by atoms with Crippen LogP contribution in [-0.4, -0.2) is 45.8 Å². The summed E-state index contributed by atoms with van der Waals surface area (Å²) in [5, 5.41) is 12.5. The summed E-state index contributed by atoms with van der Waals surface area (Å²) in [6.07, 6.45) is -4.97. The first-order valence-electron chi connectivity index (χ1n) is 13.6. The summed E-state index contributed by atoms with van der Waals surface area (Å²) in [6, 6.07) is 3.30. The molecule has 1 fully saturated rings. The number of hydrogen-bond donors (Lipinski definition) is 2. The molecule has 9 nitrogen and oxygen atoms in total. The van der Waals surface area contributed by atoms with Crippen molar-refractivity contribution in [3.8, 4) is 0 Å². The molecule has 1 aromatic carbocycles. The van der Waals surface area contributed by atoms with E-state index in [1.54, 1.807) is 10.9 Å². The van der Waals surface area contributed by atoms with Crippen LogP contribution < -0.4 is 10.3 Å². The molecule has 0 spiro atoms. The quantitative estimate of drug-likeness (QED) is 0.0898. The standard InChI is InChI=1S/C27H33F6N9/c1-4-40(14-17-7-6-8-17)23-20(11-19-13-36-42(5-2)24(19)37-23)16-41(25(38-34)39-35-3)15-18-9-21(26(28,29)30)12-22(10-18)27(31,32)33/h9-13,17,34-35H,4-8,14-16H2,1-3H3/b38-34?,39-25+. The summed E-state index contributed by atoms with van der Waals surface area (Å²) in [5.74, 6) is 0.907. The van der Waals surface area contributed by atoms with Gasteiger partial charge in [-0.25, -0.2) is 15.2 Å². The van der Waals surface area contributed by atoms with Gasteiger partial charge in [0.1, 0.15) is 5.82 Å². The van der Waals surface area contributed by atoms with Gasteiger partial charge in [-0.3, -0.25) is 0 Å². The van der Waals surface area contributed by atoms with Gasteiger partial charge in [0.25, 0.3) is 5.96 Å². The number of pyridine rings is 1. The van der Waals surface area contributed by atoms with E-state index in [9.17, 15) is 26.3 Å². The third kappa shape index (κ3) is 6.93. The zero-order valence-corrected chi connectivity index (χ0v) is 23.5. The number of rotatable bonds is 10. The van der Waals surface area contributed by atoms with E-state index in [0.717, 1.165) is 31.2 Å². The molecule has 0 amide bonds. The number of anilines is 1. The summed E-state index contributed by atoms with van der Waals surface area (Å²) < 4.78 is 83.2. The number of nitrogens with zero attached hydrogens (tertiary/aromatic N) is 7. The first kappa shape index (κ1) is 31.0. The van der Waals surface area contributed by atoms with Crippen molar-refractivity contribution in [3.05, 3.63) is 52.7 Å². The lowest BCUT2D eigenvalue weighted by molar-refractivity contribution is -0.143. The SMILES string of the molecule is CCN(CC1CCC1)c1nc2c(cnn2CC)cc1CN(Cc1cc(C(F)(F)F)cc(C(F)(F)F)c1)/C(N=N)=N/NC. The van der Waals surface area contributed by atoms with E-state index in [1.165, 1.54) is 11.9 Å². The second-order valence-corrected chi connectivity index (χ2v) is 10.2. The van der Waals surface area contributed by atoms with Crippen molar-refractivity contribution in [2.75, 3.05) is 25.0 Å². The van der Waals surface area contributed by atoms with Gasteiger partial charge < -0.3 is 15.2 Å².